The van der Waals surface area contributed by atoms with Crippen LogP contribution in [0.1, 0.15) is 31.0 Å². The first kappa shape index (κ1) is 16.2. The average Bonchev–Trinajstić information content (AvgIpc) is 2.98. The summed E-state index contributed by atoms with van der Waals surface area (Å²) in [6.07, 6.45) is -2.81. The fourth-order valence-electron chi connectivity index (χ4n) is 3.16. The van der Waals surface area contributed by atoms with Crippen LogP contribution in [-0.4, -0.2) is 40.0 Å². The van der Waals surface area contributed by atoms with Crippen LogP contribution in [0, 0.1) is 0 Å². The maximum Gasteiger partial charge on any atom is 0.414 e. The van der Waals surface area contributed by atoms with Gasteiger partial charge in [-0.3, -0.25) is 14.6 Å². The van der Waals surface area contributed by atoms with Crippen molar-refractivity contribution < 1.29 is 22.8 Å². The zero-order valence-electron chi connectivity index (χ0n) is 11.9. The number of likely N-dealkylation sites (tertiary alicyclic amines) is 1. The Labute approximate surface area is 138 Å². The molecule has 2 atom stereocenters. The van der Waals surface area contributed by atoms with Crippen molar-refractivity contribution in [3.05, 3.63) is 28.5 Å². The van der Waals surface area contributed by atoms with Gasteiger partial charge in [-0.15, -0.1) is 0 Å². The molecule has 3 heterocycles. The summed E-state index contributed by atoms with van der Waals surface area (Å²) in [5.74, 6) is -0.985. The molecule has 1 aromatic rings. The minimum Gasteiger partial charge on any atom is -0.342 e. The summed E-state index contributed by atoms with van der Waals surface area (Å²) in [7, 11) is 0. The smallest absolute Gasteiger partial charge is 0.342 e. The molecule has 3 rings (SSSR count). The lowest BCUT2D eigenvalue weighted by Crippen LogP contribution is -2.51. The minimum atomic E-state index is -4.65. The molecule has 2 saturated heterocycles. The molecular formula is C14H13BrF3N3O2. The fraction of sp³-hybridized carbons (Fsp3) is 0.500. The van der Waals surface area contributed by atoms with Crippen LogP contribution in [-0.2, 0) is 9.59 Å². The molecule has 2 amide bonds. The first-order chi connectivity index (χ1) is 10.7. The number of amides is 2. The highest BCUT2D eigenvalue weighted by molar-refractivity contribution is 9.10. The van der Waals surface area contributed by atoms with Crippen LogP contribution >= 0.6 is 15.9 Å². The highest BCUT2D eigenvalue weighted by Gasteiger charge is 2.57. The number of hydrogen-bond acceptors (Lipinski definition) is 3. The molecule has 1 N–H and O–H groups in total. The number of nitrogens with zero attached hydrogens (tertiary/aromatic N) is 2. The van der Waals surface area contributed by atoms with Gasteiger partial charge in [0, 0.05) is 23.6 Å². The highest BCUT2D eigenvalue weighted by atomic mass is 79.9. The number of halogens is 4. The minimum absolute atomic E-state index is 0.0684. The zero-order chi connectivity index (χ0) is 16.8. The molecule has 0 aliphatic carbocycles. The average molecular weight is 392 g/mol. The quantitative estimate of drug-likeness (QED) is 0.841. The topological polar surface area (TPSA) is 62.3 Å². The molecule has 0 aromatic carbocycles. The van der Waals surface area contributed by atoms with E-state index in [0.717, 1.165) is 4.90 Å². The van der Waals surface area contributed by atoms with E-state index in [4.69, 9.17) is 0 Å². The third-order valence-electron chi connectivity index (χ3n) is 4.26. The molecule has 1 spiro atoms. The molecule has 2 aliphatic rings. The molecule has 5 nitrogen and oxygen atoms in total. The van der Waals surface area contributed by atoms with Gasteiger partial charge in [0.2, 0.25) is 11.8 Å². The third-order valence-corrected chi connectivity index (χ3v) is 4.73. The van der Waals surface area contributed by atoms with Crippen LogP contribution in [0.4, 0.5) is 13.2 Å². The molecule has 23 heavy (non-hydrogen) atoms. The predicted octanol–water partition coefficient (Wildman–Crippen LogP) is 2.33. The number of nitrogens with one attached hydrogen (secondary N) is 1. The molecule has 2 aliphatic heterocycles. The summed E-state index contributed by atoms with van der Waals surface area (Å²) in [5, 5.41) is 2.55. The Hall–Kier alpha value is -1.64. The van der Waals surface area contributed by atoms with Crippen molar-refractivity contribution in [2.45, 2.75) is 37.0 Å². The molecule has 2 unspecified atom stereocenters. The largest absolute Gasteiger partial charge is 0.414 e. The van der Waals surface area contributed by atoms with E-state index in [1.54, 1.807) is 0 Å². The van der Waals surface area contributed by atoms with Crippen LogP contribution in [0.3, 0.4) is 0 Å². The lowest BCUT2D eigenvalue weighted by molar-refractivity contribution is -0.190. The molecule has 0 bridgehead atoms. The van der Waals surface area contributed by atoms with E-state index in [9.17, 15) is 22.8 Å². The molecule has 9 heteroatoms. The van der Waals surface area contributed by atoms with Crippen molar-refractivity contribution in [2.24, 2.45) is 0 Å². The van der Waals surface area contributed by atoms with Gasteiger partial charge in [0.05, 0.1) is 5.69 Å². The monoisotopic (exact) mass is 391 g/mol. The summed E-state index contributed by atoms with van der Waals surface area (Å²) < 4.78 is 41.2. The van der Waals surface area contributed by atoms with E-state index in [1.165, 1.54) is 18.3 Å². The Balaban J connectivity index is 1.94. The summed E-state index contributed by atoms with van der Waals surface area (Å²) in [6.45, 7) is -0.0684. The van der Waals surface area contributed by atoms with Gasteiger partial charge in [-0.05, 0) is 40.9 Å². The maximum atomic E-state index is 13.6. The number of pyridine rings is 1. The van der Waals surface area contributed by atoms with Gasteiger partial charge in [0.1, 0.15) is 5.54 Å². The van der Waals surface area contributed by atoms with Crippen molar-refractivity contribution >= 4 is 27.7 Å². The van der Waals surface area contributed by atoms with Crippen LogP contribution in [0.25, 0.3) is 0 Å². The lowest BCUT2D eigenvalue weighted by atomic mass is 9.96. The fourth-order valence-corrected chi connectivity index (χ4v) is 3.40. The number of carbonyl (C=O) groups excluding carboxylic acids is 2. The van der Waals surface area contributed by atoms with Crippen LogP contribution < -0.4 is 5.32 Å². The van der Waals surface area contributed by atoms with Gasteiger partial charge < -0.3 is 10.2 Å². The van der Waals surface area contributed by atoms with Crippen LogP contribution in [0.15, 0.2) is 22.8 Å². The number of alkyl halides is 3. The van der Waals surface area contributed by atoms with Gasteiger partial charge in [0.25, 0.3) is 0 Å². The summed E-state index contributed by atoms with van der Waals surface area (Å²) in [5.41, 5.74) is -1.42. The molecular weight excluding hydrogens is 379 g/mol. The van der Waals surface area contributed by atoms with Gasteiger partial charge in [-0.25, -0.2) is 0 Å². The van der Waals surface area contributed by atoms with Gasteiger partial charge >= 0.3 is 6.18 Å². The second-order valence-electron chi connectivity index (χ2n) is 5.72. The van der Waals surface area contributed by atoms with E-state index in [2.05, 4.69) is 26.2 Å². The van der Waals surface area contributed by atoms with Crippen molar-refractivity contribution in [1.29, 1.82) is 0 Å². The number of carbonyl (C=O) groups is 2. The molecule has 124 valence electrons. The van der Waals surface area contributed by atoms with Gasteiger partial charge in [-0.1, -0.05) is 0 Å². The maximum absolute atomic E-state index is 13.6. The standard InChI is InChI=1S/C14H13BrF3N3O2/c15-8-1-2-9(19-7-8)11(14(16,17)18)21-6-5-13(12(21)23)4-3-10(22)20-13/h1-2,7,11H,3-6H2,(H,20,22). The van der Waals surface area contributed by atoms with Crippen LogP contribution in [0.2, 0.25) is 0 Å². The Bertz CT molecular complexity index is 650. The lowest BCUT2D eigenvalue weighted by Gasteiger charge is -2.31. The third kappa shape index (κ3) is 2.82. The second kappa shape index (κ2) is 5.47. The van der Waals surface area contributed by atoms with E-state index < -0.39 is 23.7 Å². The van der Waals surface area contributed by atoms with E-state index in [0.29, 0.717) is 4.47 Å². The SMILES string of the molecule is O=C1CCC2(CCN(C(c3ccc(Br)cn3)C(F)(F)F)C2=O)N1. The van der Waals surface area contributed by atoms with E-state index in [1.807, 2.05) is 0 Å². The van der Waals surface area contributed by atoms with E-state index >= 15 is 0 Å². The highest BCUT2D eigenvalue weighted by Crippen LogP contribution is 2.43. The van der Waals surface area contributed by atoms with Crippen molar-refractivity contribution in [3.63, 3.8) is 0 Å². The molecule has 0 radical (unpaired) electrons. The summed E-state index contributed by atoms with van der Waals surface area (Å²) in [6, 6.07) is 0.586. The van der Waals surface area contributed by atoms with E-state index in [-0.39, 0.29) is 37.4 Å². The van der Waals surface area contributed by atoms with Crippen LogP contribution in [0.5, 0.6) is 0 Å². The van der Waals surface area contributed by atoms with Crippen molar-refractivity contribution in [2.75, 3.05) is 6.54 Å². The Kier molecular flexibility index (Phi) is 3.86. The number of hydrogen-bond donors (Lipinski definition) is 1. The van der Waals surface area contributed by atoms with Gasteiger partial charge in [0.15, 0.2) is 6.04 Å². The number of rotatable bonds is 2. The second-order valence-corrected chi connectivity index (χ2v) is 6.64. The summed E-state index contributed by atoms with van der Waals surface area (Å²) >= 11 is 3.12. The van der Waals surface area contributed by atoms with Crippen molar-refractivity contribution in [1.82, 2.24) is 15.2 Å². The Morgan fingerprint density at radius 1 is 1.30 bits per heavy atom. The normalized spacial score (nSPS) is 26.0. The van der Waals surface area contributed by atoms with Crippen molar-refractivity contribution in [3.8, 4) is 0 Å². The first-order valence-electron chi connectivity index (χ1n) is 7.03. The summed E-state index contributed by atoms with van der Waals surface area (Å²) in [4.78, 5) is 28.6. The Morgan fingerprint density at radius 3 is 2.57 bits per heavy atom. The zero-order valence-corrected chi connectivity index (χ0v) is 13.4. The molecule has 2 fully saturated rings. The molecule has 0 saturated carbocycles. The first-order valence-corrected chi connectivity index (χ1v) is 7.82. The predicted molar refractivity (Wildman–Crippen MR) is 77.2 cm³/mol. The number of aromatic nitrogens is 1. The molecule has 1 aromatic heterocycles. The van der Waals surface area contributed by atoms with Gasteiger partial charge in [-0.2, -0.15) is 13.2 Å². The Morgan fingerprint density at radius 2 is 2.04 bits per heavy atom.